The van der Waals surface area contributed by atoms with E-state index in [0.29, 0.717) is 6.61 Å². The van der Waals surface area contributed by atoms with Gasteiger partial charge in [0, 0.05) is 18.8 Å². The number of aromatic nitrogens is 2. The zero-order chi connectivity index (χ0) is 17.0. The van der Waals surface area contributed by atoms with E-state index in [0.717, 1.165) is 11.3 Å². The molecular weight excluding hydrogens is 306 g/mol. The van der Waals surface area contributed by atoms with Crippen LogP contribution in [-0.2, 0) is 32.5 Å². The Hall–Kier alpha value is -1.97. The van der Waals surface area contributed by atoms with Crippen LogP contribution in [0.15, 0.2) is 6.20 Å². The first-order valence-corrected chi connectivity index (χ1v) is 7.23. The van der Waals surface area contributed by atoms with Gasteiger partial charge in [0.1, 0.15) is 18.3 Å². The van der Waals surface area contributed by atoms with Crippen LogP contribution in [0.5, 0.6) is 0 Å². The number of carbonyl (C=O) groups is 2. The van der Waals surface area contributed by atoms with Gasteiger partial charge in [-0.2, -0.15) is 5.10 Å². The van der Waals surface area contributed by atoms with Crippen LogP contribution in [0.1, 0.15) is 11.3 Å². The molecule has 9 heteroatoms. The molecule has 4 atom stereocenters. The summed E-state index contributed by atoms with van der Waals surface area (Å²) in [7, 11) is 1.83. The number of aliphatic hydroxyl groups is 1. The quantitative estimate of drug-likeness (QED) is 0.584. The lowest BCUT2D eigenvalue weighted by Gasteiger charge is -2.17. The number of hydrogen-bond donors (Lipinski definition) is 3. The van der Waals surface area contributed by atoms with Gasteiger partial charge < -0.3 is 25.0 Å². The second-order valence-electron chi connectivity index (χ2n) is 5.53. The first kappa shape index (κ1) is 17.4. The third-order valence-electron chi connectivity index (χ3n) is 3.84. The average molecular weight is 327 g/mol. The summed E-state index contributed by atoms with van der Waals surface area (Å²) in [5.74, 6) is -0.0830. The summed E-state index contributed by atoms with van der Waals surface area (Å²) in [5, 5.41) is 23.7. The second-order valence-corrected chi connectivity index (χ2v) is 5.53. The molecule has 0 aromatic carbocycles. The number of carbonyl (C=O) groups excluding carboxylic acids is 1. The highest BCUT2D eigenvalue weighted by molar-refractivity contribution is 5.79. The predicted molar refractivity (Wildman–Crippen MR) is 77.8 cm³/mol. The molecule has 1 amide bonds. The Bertz CT molecular complexity index is 561. The Labute approximate surface area is 133 Å². The molecule has 3 N–H and O–H groups in total. The molecule has 0 saturated carbocycles. The van der Waals surface area contributed by atoms with E-state index in [1.54, 1.807) is 4.68 Å². The number of amides is 1. The van der Waals surface area contributed by atoms with E-state index in [9.17, 15) is 9.90 Å². The monoisotopic (exact) mass is 327 g/mol. The molecule has 0 unspecified atom stereocenters. The molecule has 2 aliphatic heterocycles. The molecular formula is C14H21N3O6. The highest BCUT2D eigenvalue weighted by atomic mass is 16.6. The molecule has 9 nitrogen and oxygen atoms in total. The van der Waals surface area contributed by atoms with Crippen molar-refractivity contribution in [2.75, 3.05) is 13.2 Å². The van der Waals surface area contributed by atoms with Gasteiger partial charge in [-0.15, -0.1) is 0 Å². The van der Waals surface area contributed by atoms with Gasteiger partial charge in [-0.3, -0.25) is 14.3 Å². The summed E-state index contributed by atoms with van der Waals surface area (Å²) < 4.78 is 12.6. The summed E-state index contributed by atoms with van der Waals surface area (Å²) in [6.07, 6.45) is 0.973. The molecule has 0 radical (unpaired) electrons. The van der Waals surface area contributed by atoms with Gasteiger partial charge in [0.05, 0.1) is 31.4 Å². The van der Waals surface area contributed by atoms with E-state index < -0.39 is 6.10 Å². The minimum absolute atomic E-state index is 0.0830. The number of carboxylic acid groups (broad SMARTS) is 1. The standard InChI is InChI=1S/C13H19N3O4.CH2O2/c1-7-8(4-16(2)15-7)3-11(18)14-9-5-19-13-10(17)6-20-12(9)13;2-1-3/h4,9-10,12-13,17H,3,5-6H2,1-2H3,(H,14,18);1H,(H,2,3)/t9-,10+,12+,13+;/m0./s1. The van der Waals surface area contributed by atoms with Crippen molar-refractivity contribution in [3.63, 3.8) is 0 Å². The molecule has 0 bridgehead atoms. The van der Waals surface area contributed by atoms with E-state index in [1.165, 1.54) is 0 Å². The molecule has 3 heterocycles. The van der Waals surface area contributed by atoms with Gasteiger partial charge >= 0.3 is 0 Å². The van der Waals surface area contributed by atoms with Crippen molar-refractivity contribution < 1.29 is 29.3 Å². The summed E-state index contributed by atoms with van der Waals surface area (Å²) in [6.45, 7) is 2.28. The summed E-state index contributed by atoms with van der Waals surface area (Å²) in [4.78, 5) is 20.4. The van der Waals surface area contributed by atoms with Gasteiger partial charge in [-0.25, -0.2) is 0 Å². The SMILES string of the molecule is Cc1nn(C)cc1CC(=O)N[C@H]1CO[C@H]2[C@@H]1OC[C@H]2O.O=CO. The van der Waals surface area contributed by atoms with E-state index in [1.807, 2.05) is 20.2 Å². The first-order valence-electron chi connectivity index (χ1n) is 7.23. The topological polar surface area (TPSA) is 123 Å². The summed E-state index contributed by atoms with van der Waals surface area (Å²) in [6, 6.07) is -0.193. The Morgan fingerprint density at radius 1 is 1.48 bits per heavy atom. The van der Waals surface area contributed by atoms with Crippen LogP contribution in [0.2, 0.25) is 0 Å². The lowest BCUT2D eigenvalue weighted by Crippen LogP contribution is -2.44. The maximum absolute atomic E-state index is 12.1. The first-order chi connectivity index (χ1) is 11.0. The second kappa shape index (κ2) is 7.53. The molecule has 2 aliphatic rings. The number of nitrogens with zero attached hydrogens (tertiary/aromatic N) is 2. The molecule has 128 valence electrons. The molecule has 3 rings (SSSR count). The van der Waals surface area contributed by atoms with Crippen LogP contribution in [0.4, 0.5) is 0 Å². The van der Waals surface area contributed by atoms with Crippen LogP contribution in [-0.4, -0.2) is 69.9 Å². The van der Waals surface area contributed by atoms with Crippen LogP contribution in [0.25, 0.3) is 0 Å². The number of aliphatic hydroxyl groups excluding tert-OH is 1. The number of ether oxygens (including phenoxy) is 2. The number of hydrogen-bond acceptors (Lipinski definition) is 6. The Kier molecular flexibility index (Phi) is 5.69. The Morgan fingerprint density at radius 3 is 2.74 bits per heavy atom. The fourth-order valence-corrected chi connectivity index (χ4v) is 2.86. The minimum Gasteiger partial charge on any atom is -0.483 e. The minimum atomic E-state index is -0.595. The van der Waals surface area contributed by atoms with Crippen molar-refractivity contribution >= 4 is 12.4 Å². The maximum atomic E-state index is 12.1. The van der Waals surface area contributed by atoms with Crippen LogP contribution in [0, 0.1) is 6.92 Å². The maximum Gasteiger partial charge on any atom is 0.290 e. The molecule has 0 aliphatic carbocycles. The van der Waals surface area contributed by atoms with Gasteiger partial charge in [0.25, 0.3) is 6.47 Å². The van der Waals surface area contributed by atoms with Gasteiger partial charge in [0.15, 0.2) is 0 Å². The molecule has 1 aromatic rings. The van der Waals surface area contributed by atoms with Crippen molar-refractivity contribution in [2.45, 2.75) is 37.7 Å². The predicted octanol–water partition coefficient (Wildman–Crippen LogP) is -1.38. The van der Waals surface area contributed by atoms with E-state index in [2.05, 4.69) is 10.4 Å². The number of nitrogens with one attached hydrogen (secondary N) is 1. The van der Waals surface area contributed by atoms with Gasteiger partial charge in [0.2, 0.25) is 5.91 Å². The largest absolute Gasteiger partial charge is 0.483 e. The van der Waals surface area contributed by atoms with Crippen molar-refractivity contribution in [1.82, 2.24) is 15.1 Å². The van der Waals surface area contributed by atoms with E-state index in [4.69, 9.17) is 19.4 Å². The van der Waals surface area contributed by atoms with Crippen molar-refractivity contribution in [2.24, 2.45) is 7.05 Å². The third kappa shape index (κ3) is 4.06. The number of aryl methyl sites for hydroxylation is 2. The van der Waals surface area contributed by atoms with E-state index >= 15 is 0 Å². The normalized spacial score (nSPS) is 28.7. The molecule has 2 saturated heterocycles. The smallest absolute Gasteiger partial charge is 0.290 e. The van der Waals surface area contributed by atoms with Crippen LogP contribution >= 0.6 is 0 Å². The highest BCUT2D eigenvalue weighted by Gasteiger charge is 2.47. The van der Waals surface area contributed by atoms with Crippen molar-refractivity contribution in [1.29, 1.82) is 0 Å². The summed E-state index contributed by atoms with van der Waals surface area (Å²) >= 11 is 0. The average Bonchev–Trinajstić information content (AvgIpc) is 3.11. The number of rotatable bonds is 3. The fraction of sp³-hybridized carbons (Fsp3) is 0.643. The molecule has 2 fully saturated rings. The lowest BCUT2D eigenvalue weighted by atomic mass is 10.1. The van der Waals surface area contributed by atoms with Crippen molar-refractivity contribution in [3.05, 3.63) is 17.5 Å². The lowest BCUT2D eigenvalue weighted by molar-refractivity contribution is -0.123. The molecule has 0 spiro atoms. The third-order valence-corrected chi connectivity index (χ3v) is 3.84. The van der Waals surface area contributed by atoms with E-state index in [-0.39, 0.29) is 43.7 Å². The summed E-state index contributed by atoms with van der Waals surface area (Å²) in [5.41, 5.74) is 1.77. The van der Waals surface area contributed by atoms with Gasteiger partial charge in [-0.05, 0) is 6.92 Å². The zero-order valence-electron chi connectivity index (χ0n) is 13.0. The molecule has 23 heavy (non-hydrogen) atoms. The molecule has 1 aromatic heterocycles. The fourth-order valence-electron chi connectivity index (χ4n) is 2.86. The van der Waals surface area contributed by atoms with Crippen LogP contribution in [0.3, 0.4) is 0 Å². The van der Waals surface area contributed by atoms with Crippen LogP contribution < -0.4 is 5.32 Å². The van der Waals surface area contributed by atoms with Gasteiger partial charge in [-0.1, -0.05) is 0 Å². The Balaban J connectivity index is 0.000000595. The zero-order valence-corrected chi connectivity index (χ0v) is 13.0. The van der Waals surface area contributed by atoms with Crippen molar-refractivity contribution in [3.8, 4) is 0 Å². The Morgan fingerprint density at radius 2 is 2.13 bits per heavy atom. The number of fused-ring (bicyclic) bond motifs is 1. The highest BCUT2D eigenvalue weighted by Crippen LogP contribution is 2.26.